The van der Waals surface area contributed by atoms with Gasteiger partial charge in [-0.05, 0) is 33.1 Å². The Balaban J connectivity index is 2.55. The first kappa shape index (κ1) is 10.0. The van der Waals surface area contributed by atoms with Crippen LogP contribution in [0.2, 0.25) is 0 Å². The highest BCUT2D eigenvalue weighted by atomic mass is 16.3. The van der Waals surface area contributed by atoms with Crippen LogP contribution in [0, 0.1) is 5.92 Å². The molecule has 0 radical (unpaired) electrons. The normalized spacial score (nSPS) is 33.8. The minimum absolute atomic E-state index is 0.118. The van der Waals surface area contributed by atoms with Gasteiger partial charge in [0.05, 0.1) is 6.10 Å². The molecule has 1 aliphatic rings. The van der Waals surface area contributed by atoms with Gasteiger partial charge in [-0.25, -0.2) is 0 Å². The maximum Gasteiger partial charge on any atom is 0.0670 e. The molecule has 2 heteroatoms. The third kappa shape index (κ3) is 2.46. The van der Waals surface area contributed by atoms with E-state index in [0.717, 1.165) is 19.5 Å². The molecular weight excluding hydrogens is 150 g/mol. The summed E-state index contributed by atoms with van der Waals surface area (Å²) in [7, 11) is 0. The lowest BCUT2D eigenvalue weighted by atomic mass is 9.93. The van der Waals surface area contributed by atoms with Crippen LogP contribution in [0.15, 0.2) is 0 Å². The van der Waals surface area contributed by atoms with Crippen LogP contribution >= 0.6 is 0 Å². The van der Waals surface area contributed by atoms with Gasteiger partial charge in [0.2, 0.25) is 0 Å². The van der Waals surface area contributed by atoms with Gasteiger partial charge in [-0.2, -0.15) is 0 Å². The minimum atomic E-state index is -0.118. The van der Waals surface area contributed by atoms with E-state index in [0.29, 0.717) is 5.92 Å². The molecule has 0 aromatic heterocycles. The number of hydrogen-bond acceptors (Lipinski definition) is 2. The third-order valence-corrected chi connectivity index (χ3v) is 2.59. The second-order valence-electron chi connectivity index (χ2n) is 5.07. The molecule has 2 nitrogen and oxygen atoms in total. The molecule has 72 valence electrons. The van der Waals surface area contributed by atoms with Gasteiger partial charge in [0.1, 0.15) is 0 Å². The Bertz CT molecular complexity index is 140. The highest BCUT2D eigenvalue weighted by Crippen LogP contribution is 2.23. The lowest BCUT2D eigenvalue weighted by Crippen LogP contribution is -2.51. The molecule has 1 N–H and O–H groups in total. The van der Waals surface area contributed by atoms with Gasteiger partial charge in [-0.1, -0.05) is 6.92 Å². The molecule has 0 spiro atoms. The smallest absolute Gasteiger partial charge is 0.0670 e. The molecule has 0 aromatic carbocycles. The Kier molecular flexibility index (Phi) is 2.79. The number of likely N-dealkylation sites (tertiary alicyclic amines) is 1. The van der Waals surface area contributed by atoms with Crippen molar-refractivity contribution in [2.45, 2.75) is 45.8 Å². The fourth-order valence-electron chi connectivity index (χ4n) is 1.87. The van der Waals surface area contributed by atoms with Crippen molar-refractivity contribution in [1.82, 2.24) is 4.90 Å². The van der Waals surface area contributed by atoms with E-state index >= 15 is 0 Å². The summed E-state index contributed by atoms with van der Waals surface area (Å²) in [6.07, 6.45) is 0.847. The average Bonchev–Trinajstić information content (AvgIpc) is 1.82. The van der Waals surface area contributed by atoms with Gasteiger partial charge in [0.25, 0.3) is 0 Å². The largest absolute Gasteiger partial charge is 0.392 e. The summed E-state index contributed by atoms with van der Waals surface area (Å²) in [5.41, 5.74) is 0.204. The van der Waals surface area contributed by atoms with Gasteiger partial charge < -0.3 is 5.11 Å². The summed E-state index contributed by atoms with van der Waals surface area (Å²) in [6, 6.07) is 0. The highest BCUT2D eigenvalue weighted by Gasteiger charge is 2.29. The molecule has 2 unspecified atom stereocenters. The fraction of sp³-hybridized carbons (Fsp3) is 1.00. The summed E-state index contributed by atoms with van der Waals surface area (Å²) < 4.78 is 0. The molecule has 0 aromatic rings. The van der Waals surface area contributed by atoms with Gasteiger partial charge in [0.15, 0.2) is 0 Å². The van der Waals surface area contributed by atoms with E-state index in [9.17, 15) is 5.11 Å². The Morgan fingerprint density at radius 2 is 1.83 bits per heavy atom. The average molecular weight is 171 g/mol. The van der Waals surface area contributed by atoms with Crippen LogP contribution < -0.4 is 0 Å². The predicted octanol–water partition coefficient (Wildman–Crippen LogP) is 1.49. The summed E-state index contributed by atoms with van der Waals surface area (Å²) in [5.74, 6) is 0.632. The van der Waals surface area contributed by atoms with Crippen molar-refractivity contribution in [2.75, 3.05) is 13.1 Å². The van der Waals surface area contributed by atoms with Crippen molar-refractivity contribution in [3.63, 3.8) is 0 Å². The first-order chi connectivity index (χ1) is 5.39. The van der Waals surface area contributed by atoms with Crippen LogP contribution in [0.25, 0.3) is 0 Å². The molecule has 12 heavy (non-hydrogen) atoms. The van der Waals surface area contributed by atoms with Gasteiger partial charge in [-0.3, -0.25) is 4.90 Å². The van der Waals surface area contributed by atoms with Crippen LogP contribution in [0.4, 0.5) is 0 Å². The van der Waals surface area contributed by atoms with Crippen molar-refractivity contribution >= 4 is 0 Å². The molecule has 2 atom stereocenters. The lowest BCUT2D eigenvalue weighted by molar-refractivity contribution is -0.000328. The van der Waals surface area contributed by atoms with E-state index < -0.39 is 0 Å². The number of rotatable bonds is 0. The Labute approximate surface area is 75.6 Å². The van der Waals surface area contributed by atoms with E-state index in [4.69, 9.17) is 0 Å². The second-order valence-corrected chi connectivity index (χ2v) is 5.07. The fourth-order valence-corrected chi connectivity index (χ4v) is 1.87. The minimum Gasteiger partial charge on any atom is -0.392 e. The van der Waals surface area contributed by atoms with E-state index in [1.807, 2.05) is 0 Å². The van der Waals surface area contributed by atoms with Crippen LogP contribution in [0.5, 0.6) is 0 Å². The van der Waals surface area contributed by atoms with Crippen molar-refractivity contribution in [1.29, 1.82) is 0 Å². The van der Waals surface area contributed by atoms with E-state index in [1.54, 1.807) is 0 Å². The number of aliphatic hydroxyl groups excluding tert-OH is 1. The van der Waals surface area contributed by atoms with Crippen LogP contribution in [-0.4, -0.2) is 34.7 Å². The third-order valence-electron chi connectivity index (χ3n) is 2.59. The standard InChI is InChI=1S/C10H21NO/c1-8-5-9(12)7-11(6-8)10(2,3)4/h8-9,12H,5-7H2,1-4H3. The van der Waals surface area contributed by atoms with Gasteiger partial charge >= 0.3 is 0 Å². The molecule has 1 heterocycles. The maximum atomic E-state index is 9.57. The van der Waals surface area contributed by atoms with Gasteiger partial charge in [0, 0.05) is 18.6 Å². The molecule has 0 saturated carbocycles. The summed E-state index contributed by atoms with van der Waals surface area (Å²) in [4.78, 5) is 2.37. The molecule has 1 fully saturated rings. The molecule has 0 amide bonds. The first-order valence-corrected chi connectivity index (χ1v) is 4.82. The summed E-state index contributed by atoms with van der Waals surface area (Å²) in [5, 5.41) is 9.57. The summed E-state index contributed by atoms with van der Waals surface area (Å²) in [6.45, 7) is 10.8. The quantitative estimate of drug-likeness (QED) is 0.597. The second kappa shape index (κ2) is 3.35. The number of hydrogen-bond donors (Lipinski definition) is 1. The van der Waals surface area contributed by atoms with E-state index in [-0.39, 0.29) is 11.6 Å². The van der Waals surface area contributed by atoms with Crippen LogP contribution in [0.3, 0.4) is 0 Å². The summed E-state index contributed by atoms with van der Waals surface area (Å²) >= 11 is 0. The van der Waals surface area contributed by atoms with E-state index in [2.05, 4.69) is 32.6 Å². The highest BCUT2D eigenvalue weighted by molar-refractivity contribution is 4.84. The number of nitrogens with zero attached hydrogens (tertiary/aromatic N) is 1. The topological polar surface area (TPSA) is 23.5 Å². The van der Waals surface area contributed by atoms with Gasteiger partial charge in [-0.15, -0.1) is 0 Å². The number of β-amino-alcohol motifs (C(OH)–C–C–N with tert-alkyl or cyclic N) is 1. The van der Waals surface area contributed by atoms with Crippen molar-refractivity contribution in [3.05, 3.63) is 0 Å². The lowest BCUT2D eigenvalue weighted by Gasteiger charge is -2.42. The van der Waals surface area contributed by atoms with Crippen LogP contribution in [0.1, 0.15) is 34.1 Å². The van der Waals surface area contributed by atoms with Crippen molar-refractivity contribution in [3.8, 4) is 0 Å². The Hall–Kier alpha value is -0.0800. The van der Waals surface area contributed by atoms with Crippen molar-refractivity contribution in [2.24, 2.45) is 5.92 Å². The van der Waals surface area contributed by atoms with Crippen LogP contribution in [-0.2, 0) is 0 Å². The number of piperidine rings is 1. The Morgan fingerprint density at radius 3 is 2.25 bits per heavy atom. The monoisotopic (exact) mass is 171 g/mol. The zero-order valence-corrected chi connectivity index (χ0v) is 8.67. The molecule has 1 saturated heterocycles. The molecule has 0 bridgehead atoms. The van der Waals surface area contributed by atoms with E-state index in [1.165, 1.54) is 0 Å². The predicted molar refractivity (Wildman–Crippen MR) is 51.1 cm³/mol. The molecular formula is C10H21NO. The molecule has 1 rings (SSSR count). The Morgan fingerprint density at radius 1 is 1.25 bits per heavy atom. The zero-order valence-electron chi connectivity index (χ0n) is 8.67. The van der Waals surface area contributed by atoms with Crippen molar-refractivity contribution < 1.29 is 5.11 Å². The SMILES string of the molecule is CC1CC(O)CN(C(C)(C)C)C1. The molecule has 0 aliphatic carbocycles. The maximum absolute atomic E-state index is 9.57. The zero-order chi connectivity index (χ0) is 9.35. The molecule has 1 aliphatic heterocycles. The number of aliphatic hydroxyl groups is 1. The first-order valence-electron chi connectivity index (χ1n) is 4.82.